The lowest BCUT2D eigenvalue weighted by molar-refractivity contribution is 0.0993. The maximum Gasteiger partial charge on any atom is 0.168 e. The summed E-state index contributed by atoms with van der Waals surface area (Å²) in [5, 5.41) is 1.96. The van der Waals surface area contributed by atoms with Crippen molar-refractivity contribution in [1.82, 2.24) is 4.98 Å². The molecule has 0 aliphatic rings. The topological polar surface area (TPSA) is 30.0 Å². The highest BCUT2D eigenvalue weighted by Gasteiger charge is 2.15. The fraction of sp³-hybridized carbons (Fsp3) is 0.0588. The maximum atomic E-state index is 13.8. The average Bonchev–Trinajstić information content (AvgIpc) is 2.50. The molecule has 0 saturated carbocycles. The van der Waals surface area contributed by atoms with Crippen molar-refractivity contribution in [2.45, 2.75) is 6.42 Å². The molecule has 21 heavy (non-hydrogen) atoms. The van der Waals surface area contributed by atoms with Gasteiger partial charge in [-0.05, 0) is 23.6 Å². The molecule has 4 heteroatoms. The van der Waals surface area contributed by atoms with Crippen LogP contribution in [-0.2, 0) is 6.42 Å². The van der Waals surface area contributed by atoms with E-state index in [2.05, 4.69) is 4.98 Å². The Bertz CT molecular complexity index is 806. The molecule has 0 fully saturated rings. The molecular formula is C17H11ClFNO. The number of halogens is 2. The molecule has 0 atom stereocenters. The number of benzene rings is 2. The fourth-order valence-electron chi connectivity index (χ4n) is 2.32. The predicted molar refractivity (Wildman–Crippen MR) is 81.2 cm³/mol. The average molecular weight is 300 g/mol. The summed E-state index contributed by atoms with van der Waals surface area (Å²) in [5.74, 6) is -0.628. The smallest absolute Gasteiger partial charge is 0.168 e. The first-order chi connectivity index (χ1) is 10.2. The van der Waals surface area contributed by atoms with Crippen molar-refractivity contribution in [2.75, 3.05) is 0 Å². The van der Waals surface area contributed by atoms with Crippen LogP contribution in [0.5, 0.6) is 0 Å². The summed E-state index contributed by atoms with van der Waals surface area (Å²) in [6.45, 7) is 0. The number of carbonyl (C=O) groups excluding carboxylic acids is 1. The highest BCUT2D eigenvalue weighted by Crippen LogP contribution is 2.23. The number of rotatable bonds is 3. The quantitative estimate of drug-likeness (QED) is 0.669. The number of hydrogen-bond donors (Lipinski definition) is 0. The van der Waals surface area contributed by atoms with Gasteiger partial charge in [-0.1, -0.05) is 35.9 Å². The standard InChI is InChI=1S/C17H11ClFNO/c18-15-5-2-6-16(19)14(15)9-17(21)13-4-1-3-11-10-20-8-7-12(11)13/h1-8,10H,9H2. The second kappa shape index (κ2) is 5.62. The molecule has 104 valence electrons. The molecule has 0 aliphatic heterocycles. The summed E-state index contributed by atoms with van der Waals surface area (Å²) in [5.41, 5.74) is 0.782. The predicted octanol–water partition coefficient (Wildman–Crippen LogP) is 4.45. The largest absolute Gasteiger partial charge is 0.294 e. The zero-order valence-electron chi connectivity index (χ0n) is 11.0. The molecule has 2 nitrogen and oxygen atoms in total. The molecule has 1 heterocycles. The van der Waals surface area contributed by atoms with E-state index in [4.69, 9.17) is 11.6 Å². The molecule has 2 aromatic carbocycles. The molecule has 0 aliphatic carbocycles. The van der Waals surface area contributed by atoms with Crippen LogP contribution in [0.4, 0.5) is 4.39 Å². The Morgan fingerprint density at radius 3 is 2.76 bits per heavy atom. The van der Waals surface area contributed by atoms with E-state index in [1.807, 2.05) is 6.07 Å². The van der Waals surface area contributed by atoms with Crippen LogP contribution in [0.25, 0.3) is 10.8 Å². The van der Waals surface area contributed by atoms with Crippen LogP contribution in [0.1, 0.15) is 15.9 Å². The SMILES string of the molecule is O=C(Cc1c(F)cccc1Cl)c1cccc2cnccc12. The minimum atomic E-state index is -0.460. The molecule has 0 spiro atoms. The van der Waals surface area contributed by atoms with Gasteiger partial charge < -0.3 is 0 Å². The summed E-state index contributed by atoms with van der Waals surface area (Å²) < 4.78 is 13.8. The van der Waals surface area contributed by atoms with Crippen molar-refractivity contribution in [3.63, 3.8) is 0 Å². The maximum absolute atomic E-state index is 13.8. The van der Waals surface area contributed by atoms with E-state index in [0.717, 1.165) is 10.8 Å². The molecule has 3 aromatic rings. The van der Waals surface area contributed by atoms with Gasteiger partial charge in [-0.2, -0.15) is 0 Å². The summed E-state index contributed by atoms with van der Waals surface area (Å²) in [6, 6.07) is 11.6. The number of Topliss-reactive ketones (excluding diaryl/α,β-unsaturated/α-hetero) is 1. The first-order valence-corrected chi connectivity index (χ1v) is 6.83. The van der Waals surface area contributed by atoms with Gasteiger partial charge in [0.25, 0.3) is 0 Å². The number of hydrogen-bond acceptors (Lipinski definition) is 2. The summed E-state index contributed by atoms with van der Waals surface area (Å²) in [4.78, 5) is 16.5. The third-order valence-corrected chi connectivity index (χ3v) is 3.73. The number of pyridine rings is 1. The molecular weight excluding hydrogens is 289 g/mol. The van der Waals surface area contributed by atoms with Crippen LogP contribution in [0.2, 0.25) is 5.02 Å². The summed E-state index contributed by atoms with van der Waals surface area (Å²) in [7, 11) is 0. The third-order valence-electron chi connectivity index (χ3n) is 3.38. The number of ketones is 1. The fourth-order valence-corrected chi connectivity index (χ4v) is 2.55. The van der Waals surface area contributed by atoms with E-state index < -0.39 is 5.82 Å². The Hall–Kier alpha value is -2.26. The van der Waals surface area contributed by atoms with E-state index in [1.165, 1.54) is 12.1 Å². The Kier molecular flexibility index (Phi) is 3.67. The van der Waals surface area contributed by atoms with Crippen molar-refractivity contribution in [2.24, 2.45) is 0 Å². The molecule has 0 bridgehead atoms. The first kappa shape index (κ1) is 13.7. The van der Waals surface area contributed by atoms with Gasteiger partial charge in [-0.25, -0.2) is 4.39 Å². The van der Waals surface area contributed by atoms with Gasteiger partial charge in [0.15, 0.2) is 5.78 Å². The lowest BCUT2D eigenvalue weighted by Gasteiger charge is -2.07. The summed E-state index contributed by atoms with van der Waals surface area (Å²) in [6.07, 6.45) is 3.27. The third kappa shape index (κ3) is 2.65. The monoisotopic (exact) mass is 299 g/mol. The second-order valence-electron chi connectivity index (χ2n) is 4.70. The van der Waals surface area contributed by atoms with Gasteiger partial charge in [-0.15, -0.1) is 0 Å². The second-order valence-corrected chi connectivity index (χ2v) is 5.11. The van der Waals surface area contributed by atoms with E-state index in [9.17, 15) is 9.18 Å². The first-order valence-electron chi connectivity index (χ1n) is 6.45. The minimum Gasteiger partial charge on any atom is -0.294 e. The summed E-state index contributed by atoms with van der Waals surface area (Å²) >= 11 is 5.98. The molecule has 0 unspecified atom stereocenters. The van der Waals surface area contributed by atoms with E-state index in [1.54, 1.807) is 36.7 Å². The highest BCUT2D eigenvalue weighted by atomic mass is 35.5. The van der Waals surface area contributed by atoms with Crippen molar-refractivity contribution >= 4 is 28.2 Å². The molecule has 0 N–H and O–H groups in total. The van der Waals surface area contributed by atoms with Crippen molar-refractivity contribution in [3.8, 4) is 0 Å². The van der Waals surface area contributed by atoms with E-state index >= 15 is 0 Å². The molecule has 0 amide bonds. The van der Waals surface area contributed by atoms with Crippen LogP contribution >= 0.6 is 11.6 Å². The molecule has 3 rings (SSSR count). The Morgan fingerprint density at radius 2 is 1.95 bits per heavy atom. The number of aromatic nitrogens is 1. The van der Waals surface area contributed by atoms with Gasteiger partial charge in [0, 0.05) is 40.4 Å². The van der Waals surface area contributed by atoms with Gasteiger partial charge in [-0.3, -0.25) is 9.78 Å². The Balaban J connectivity index is 2.02. The van der Waals surface area contributed by atoms with Gasteiger partial charge in [0.2, 0.25) is 0 Å². The lowest BCUT2D eigenvalue weighted by atomic mass is 9.98. The van der Waals surface area contributed by atoms with E-state index in [0.29, 0.717) is 5.56 Å². The Labute approximate surface area is 126 Å². The van der Waals surface area contributed by atoms with Crippen LogP contribution < -0.4 is 0 Å². The zero-order valence-corrected chi connectivity index (χ0v) is 11.8. The van der Waals surface area contributed by atoms with Gasteiger partial charge in [0.1, 0.15) is 5.82 Å². The van der Waals surface area contributed by atoms with Gasteiger partial charge in [0.05, 0.1) is 0 Å². The van der Waals surface area contributed by atoms with Crippen LogP contribution in [0, 0.1) is 5.82 Å². The number of nitrogens with zero attached hydrogens (tertiary/aromatic N) is 1. The van der Waals surface area contributed by atoms with E-state index in [-0.39, 0.29) is 22.8 Å². The molecule has 0 radical (unpaired) electrons. The van der Waals surface area contributed by atoms with Crippen LogP contribution in [0.15, 0.2) is 54.9 Å². The highest BCUT2D eigenvalue weighted by molar-refractivity contribution is 6.31. The van der Waals surface area contributed by atoms with Gasteiger partial charge >= 0.3 is 0 Å². The van der Waals surface area contributed by atoms with Crippen LogP contribution in [-0.4, -0.2) is 10.8 Å². The normalized spacial score (nSPS) is 10.8. The lowest BCUT2D eigenvalue weighted by Crippen LogP contribution is -2.06. The Morgan fingerprint density at radius 1 is 1.14 bits per heavy atom. The van der Waals surface area contributed by atoms with Crippen molar-refractivity contribution in [1.29, 1.82) is 0 Å². The zero-order chi connectivity index (χ0) is 14.8. The van der Waals surface area contributed by atoms with Crippen molar-refractivity contribution < 1.29 is 9.18 Å². The number of fused-ring (bicyclic) bond motifs is 1. The van der Waals surface area contributed by atoms with Crippen molar-refractivity contribution in [3.05, 3.63) is 76.8 Å². The molecule has 1 aromatic heterocycles. The molecule has 0 saturated heterocycles. The number of carbonyl (C=O) groups is 1. The van der Waals surface area contributed by atoms with Crippen LogP contribution in [0.3, 0.4) is 0 Å². The minimum absolute atomic E-state index is 0.0626.